The van der Waals surface area contributed by atoms with Gasteiger partial charge < -0.3 is 19.5 Å². The minimum atomic E-state index is -0.589. The van der Waals surface area contributed by atoms with Crippen molar-refractivity contribution >= 4 is 23.7 Å². The lowest BCUT2D eigenvalue weighted by Crippen LogP contribution is -2.31. The Labute approximate surface area is 185 Å². The van der Waals surface area contributed by atoms with Crippen LogP contribution in [0.5, 0.6) is 11.5 Å². The number of hydrogen-bond donors (Lipinski definition) is 1. The Kier molecular flexibility index (Phi) is 7.43. The largest absolute Gasteiger partial charge is 0.497 e. The van der Waals surface area contributed by atoms with Crippen LogP contribution in [-0.2, 0) is 9.53 Å². The molecular formula is C23H24N2O7. The molecule has 2 aromatic carbocycles. The summed E-state index contributed by atoms with van der Waals surface area (Å²) in [4.78, 5) is 49.9. The maximum absolute atomic E-state index is 12.3. The predicted molar refractivity (Wildman–Crippen MR) is 114 cm³/mol. The number of methoxy groups -OCH3 is 2. The summed E-state index contributed by atoms with van der Waals surface area (Å²) in [5, 5.41) is 2.49. The van der Waals surface area contributed by atoms with E-state index < -0.39 is 11.9 Å². The number of rotatable bonds is 10. The van der Waals surface area contributed by atoms with Crippen molar-refractivity contribution in [2.45, 2.75) is 12.8 Å². The zero-order valence-corrected chi connectivity index (χ0v) is 17.9. The van der Waals surface area contributed by atoms with Gasteiger partial charge in [0.05, 0.1) is 32.0 Å². The van der Waals surface area contributed by atoms with E-state index in [1.54, 1.807) is 30.3 Å². The lowest BCUT2D eigenvalue weighted by Gasteiger charge is -2.13. The first-order valence-electron chi connectivity index (χ1n) is 10.1. The summed E-state index contributed by atoms with van der Waals surface area (Å²) >= 11 is 0. The number of benzene rings is 2. The Morgan fingerprint density at radius 3 is 2.06 bits per heavy atom. The first kappa shape index (κ1) is 22.8. The third kappa shape index (κ3) is 5.23. The fraction of sp³-hybridized carbons (Fsp3) is 0.304. The Morgan fingerprint density at radius 1 is 0.906 bits per heavy atom. The fourth-order valence-corrected chi connectivity index (χ4v) is 3.24. The van der Waals surface area contributed by atoms with Crippen LogP contribution >= 0.6 is 0 Å². The number of amides is 3. The van der Waals surface area contributed by atoms with Gasteiger partial charge in [-0.25, -0.2) is 0 Å². The lowest BCUT2D eigenvalue weighted by atomic mass is 10.1. The summed E-state index contributed by atoms with van der Waals surface area (Å²) in [5.74, 6) is -0.761. The van der Waals surface area contributed by atoms with Gasteiger partial charge in [-0.15, -0.1) is 0 Å². The molecule has 0 atom stereocenters. The second kappa shape index (κ2) is 10.4. The monoisotopic (exact) mass is 440 g/mol. The van der Waals surface area contributed by atoms with Gasteiger partial charge in [0.2, 0.25) is 0 Å². The molecule has 1 aliphatic heterocycles. The Bertz CT molecular complexity index is 978. The minimum absolute atomic E-state index is 0.116. The Morgan fingerprint density at radius 2 is 1.50 bits per heavy atom. The molecule has 32 heavy (non-hydrogen) atoms. The first-order chi connectivity index (χ1) is 15.4. The van der Waals surface area contributed by atoms with Gasteiger partial charge in [-0.1, -0.05) is 12.1 Å². The van der Waals surface area contributed by atoms with Crippen molar-refractivity contribution in [1.82, 2.24) is 10.2 Å². The molecule has 3 amide bonds. The van der Waals surface area contributed by atoms with Crippen LogP contribution in [0.25, 0.3) is 0 Å². The number of nitrogens with zero attached hydrogens (tertiary/aromatic N) is 1. The van der Waals surface area contributed by atoms with Crippen LogP contribution in [0, 0.1) is 0 Å². The molecule has 9 heteroatoms. The number of carbonyl (C=O) groups is 4. The summed E-state index contributed by atoms with van der Waals surface area (Å²) in [6.45, 7) is 0.0694. The number of nitrogens with one attached hydrogen (secondary N) is 1. The highest BCUT2D eigenvalue weighted by atomic mass is 16.5. The number of imide groups is 1. The number of esters is 1. The molecular weight excluding hydrogens is 416 g/mol. The molecule has 0 aliphatic carbocycles. The van der Waals surface area contributed by atoms with Crippen LogP contribution in [0.3, 0.4) is 0 Å². The van der Waals surface area contributed by atoms with Gasteiger partial charge in [-0.2, -0.15) is 0 Å². The third-order valence-corrected chi connectivity index (χ3v) is 4.92. The van der Waals surface area contributed by atoms with Crippen molar-refractivity contribution in [3.8, 4) is 11.5 Å². The smallest absolute Gasteiger partial charge is 0.325 e. The van der Waals surface area contributed by atoms with E-state index in [0.29, 0.717) is 35.5 Å². The van der Waals surface area contributed by atoms with Gasteiger partial charge in [-0.05, 0) is 37.1 Å². The molecule has 0 bridgehead atoms. The molecule has 0 fully saturated rings. The first-order valence-corrected chi connectivity index (χ1v) is 10.1. The van der Waals surface area contributed by atoms with Gasteiger partial charge in [0.25, 0.3) is 17.7 Å². The van der Waals surface area contributed by atoms with Gasteiger partial charge in [0.1, 0.15) is 18.0 Å². The van der Waals surface area contributed by atoms with E-state index in [-0.39, 0.29) is 37.1 Å². The molecule has 2 aromatic rings. The number of unbranched alkanes of at least 4 members (excludes halogenated alkanes) is 1. The van der Waals surface area contributed by atoms with Crippen molar-refractivity contribution in [1.29, 1.82) is 0 Å². The number of ether oxygens (including phenoxy) is 3. The summed E-state index contributed by atoms with van der Waals surface area (Å²) in [5.41, 5.74) is 1.11. The van der Waals surface area contributed by atoms with E-state index >= 15 is 0 Å². The summed E-state index contributed by atoms with van der Waals surface area (Å²) in [7, 11) is 2.95. The van der Waals surface area contributed by atoms with E-state index in [1.165, 1.54) is 31.3 Å². The number of carbonyl (C=O) groups excluding carboxylic acids is 4. The fourth-order valence-electron chi connectivity index (χ4n) is 3.24. The maximum atomic E-state index is 12.3. The van der Waals surface area contributed by atoms with Crippen LogP contribution in [0.15, 0.2) is 42.5 Å². The number of hydrogen-bond acceptors (Lipinski definition) is 7. The van der Waals surface area contributed by atoms with Crippen molar-refractivity contribution < 1.29 is 33.4 Å². The summed E-state index contributed by atoms with van der Waals surface area (Å²) in [6, 6.07) is 11.4. The SMILES string of the molecule is COc1cc(OC)cc(C(=O)NCC(=O)OCCCCN2C(=O)c3ccccc3C2=O)c1. The molecule has 168 valence electrons. The van der Waals surface area contributed by atoms with E-state index in [9.17, 15) is 19.2 Å². The van der Waals surface area contributed by atoms with Crippen molar-refractivity contribution in [2.75, 3.05) is 33.9 Å². The van der Waals surface area contributed by atoms with Crippen LogP contribution in [-0.4, -0.2) is 62.5 Å². The molecule has 0 radical (unpaired) electrons. The van der Waals surface area contributed by atoms with E-state index in [0.717, 1.165) is 0 Å². The molecule has 0 saturated carbocycles. The zero-order valence-electron chi connectivity index (χ0n) is 17.9. The third-order valence-electron chi connectivity index (χ3n) is 4.92. The van der Waals surface area contributed by atoms with Crippen molar-refractivity contribution in [2.24, 2.45) is 0 Å². The maximum Gasteiger partial charge on any atom is 0.325 e. The Balaban J connectivity index is 1.37. The Hall–Kier alpha value is -3.88. The van der Waals surface area contributed by atoms with Crippen molar-refractivity contribution in [3.63, 3.8) is 0 Å². The lowest BCUT2D eigenvalue weighted by molar-refractivity contribution is -0.142. The average molecular weight is 440 g/mol. The molecule has 0 unspecified atom stereocenters. The molecule has 0 saturated heterocycles. The molecule has 0 spiro atoms. The number of fused-ring (bicyclic) bond motifs is 1. The van der Waals surface area contributed by atoms with Crippen LogP contribution in [0.4, 0.5) is 0 Å². The molecule has 1 N–H and O–H groups in total. The predicted octanol–water partition coefficient (Wildman–Crippen LogP) is 2.05. The van der Waals surface area contributed by atoms with E-state index in [1.807, 2.05) is 0 Å². The topological polar surface area (TPSA) is 111 Å². The minimum Gasteiger partial charge on any atom is -0.497 e. The highest BCUT2D eigenvalue weighted by Crippen LogP contribution is 2.23. The molecule has 1 heterocycles. The second-order valence-electron chi connectivity index (χ2n) is 7.02. The summed E-state index contributed by atoms with van der Waals surface area (Å²) < 4.78 is 15.3. The highest BCUT2D eigenvalue weighted by molar-refractivity contribution is 6.21. The average Bonchev–Trinajstić information content (AvgIpc) is 3.06. The van der Waals surface area contributed by atoms with Gasteiger partial charge in [0, 0.05) is 18.2 Å². The molecule has 1 aliphatic rings. The normalized spacial score (nSPS) is 12.4. The van der Waals surface area contributed by atoms with Crippen LogP contribution < -0.4 is 14.8 Å². The van der Waals surface area contributed by atoms with E-state index in [2.05, 4.69) is 5.32 Å². The molecule has 9 nitrogen and oxygen atoms in total. The highest BCUT2D eigenvalue weighted by Gasteiger charge is 2.34. The molecule has 0 aromatic heterocycles. The van der Waals surface area contributed by atoms with Gasteiger partial charge in [-0.3, -0.25) is 24.1 Å². The van der Waals surface area contributed by atoms with Gasteiger partial charge in [0.15, 0.2) is 0 Å². The second-order valence-corrected chi connectivity index (χ2v) is 7.02. The van der Waals surface area contributed by atoms with E-state index in [4.69, 9.17) is 14.2 Å². The zero-order chi connectivity index (χ0) is 23.1. The van der Waals surface area contributed by atoms with Crippen LogP contribution in [0.2, 0.25) is 0 Å². The summed E-state index contributed by atoms with van der Waals surface area (Å²) in [6.07, 6.45) is 0.967. The quantitative estimate of drug-likeness (QED) is 0.342. The molecule has 3 rings (SSSR count). The van der Waals surface area contributed by atoms with Crippen molar-refractivity contribution in [3.05, 3.63) is 59.2 Å². The standard InChI is InChI=1S/C23H24N2O7/c1-30-16-11-15(12-17(13-16)31-2)21(27)24-14-20(26)32-10-6-5-9-25-22(28)18-7-3-4-8-19(18)23(25)29/h3-4,7-8,11-13H,5-6,9-10,14H2,1-2H3,(H,24,27). The van der Waals surface area contributed by atoms with Gasteiger partial charge >= 0.3 is 5.97 Å². The van der Waals surface area contributed by atoms with Crippen LogP contribution in [0.1, 0.15) is 43.9 Å².